The Labute approximate surface area is 151 Å². The Morgan fingerprint density at radius 2 is 1.88 bits per heavy atom. The molecule has 24 heavy (non-hydrogen) atoms. The summed E-state index contributed by atoms with van der Waals surface area (Å²) in [7, 11) is 0. The zero-order chi connectivity index (χ0) is 16.6. The van der Waals surface area contributed by atoms with Crippen LogP contribution in [0.25, 0.3) is 0 Å². The number of halogens is 2. The van der Waals surface area contributed by atoms with Crippen molar-refractivity contribution >= 4 is 35.1 Å². The van der Waals surface area contributed by atoms with E-state index in [1.807, 2.05) is 30.5 Å². The van der Waals surface area contributed by atoms with Crippen molar-refractivity contribution in [1.82, 2.24) is 4.48 Å². The molecular formula is C20H17Cl2N2+. The van der Waals surface area contributed by atoms with Crippen LogP contribution in [0.15, 0.2) is 77.6 Å². The average molecular weight is 356 g/mol. The van der Waals surface area contributed by atoms with Crippen LogP contribution in [0.3, 0.4) is 0 Å². The number of nitrogens with zero attached hydrogens (tertiary/aromatic N) is 2. The first-order chi connectivity index (χ1) is 11.7. The second kappa shape index (κ2) is 6.21. The molecule has 2 aliphatic heterocycles. The quantitative estimate of drug-likeness (QED) is 0.592. The molecule has 4 heteroatoms. The van der Waals surface area contributed by atoms with E-state index in [-0.39, 0.29) is 6.04 Å². The number of aliphatic imine (C=N–C) groups is 1. The van der Waals surface area contributed by atoms with Crippen LogP contribution >= 0.6 is 23.2 Å². The molecule has 0 amide bonds. The summed E-state index contributed by atoms with van der Waals surface area (Å²) < 4.78 is 0.607. The van der Waals surface area contributed by atoms with Gasteiger partial charge in [0.2, 0.25) is 0 Å². The largest absolute Gasteiger partial charge is 0.279 e. The lowest BCUT2D eigenvalue weighted by Crippen LogP contribution is -2.43. The predicted molar refractivity (Wildman–Crippen MR) is 103 cm³/mol. The number of benzene rings is 2. The Kier molecular flexibility index (Phi) is 4.05. The molecule has 0 radical (unpaired) electrons. The number of hydrogen-bond acceptors (Lipinski definition) is 1. The molecule has 0 fully saturated rings. The van der Waals surface area contributed by atoms with Gasteiger partial charge in [-0.3, -0.25) is 4.99 Å². The predicted octanol–water partition coefficient (Wildman–Crippen LogP) is 5.93. The van der Waals surface area contributed by atoms with Gasteiger partial charge in [-0.05, 0) is 23.8 Å². The summed E-state index contributed by atoms with van der Waals surface area (Å²) >= 11 is 12.7. The third-order valence-corrected chi connectivity index (χ3v) is 5.21. The number of quaternary nitrogens is 1. The lowest BCUT2D eigenvalue weighted by atomic mass is 10.0. The summed E-state index contributed by atoms with van der Waals surface area (Å²) in [4.78, 5) is 4.84. The monoisotopic (exact) mass is 355 g/mol. The van der Waals surface area contributed by atoms with Crippen molar-refractivity contribution in [3.63, 3.8) is 0 Å². The number of allylic oxidation sites excluding steroid dienone is 2. The molecule has 2 unspecified atom stereocenters. The van der Waals surface area contributed by atoms with E-state index in [1.54, 1.807) is 0 Å². The molecule has 4 rings (SSSR count). The Hall–Kier alpha value is -1.87. The number of fused-ring (bicyclic) bond motifs is 1. The molecule has 0 aliphatic carbocycles. The van der Waals surface area contributed by atoms with Crippen LogP contribution in [-0.2, 0) is 0 Å². The Morgan fingerprint density at radius 1 is 1.04 bits per heavy atom. The van der Waals surface area contributed by atoms with Crippen molar-refractivity contribution in [1.29, 1.82) is 0 Å². The maximum absolute atomic E-state index is 6.57. The van der Waals surface area contributed by atoms with Crippen molar-refractivity contribution in [2.75, 3.05) is 6.54 Å². The van der Waals surface area contributed by atoms with E-state index in [9.17, 15) is 0 Å². The number of hydrogen-bond donors (Lipinski definition) is 0. The van der Waals surface area contributed by atoms with Gasteiger partial charge in [-0.25, -0.2) is 4.48 Å². The Morgan fingerprint density at radius 3 is 2.67 bits per heavy atom. The molecule has 0 N–H and O–H groups in total. The van der Waals surface area contributed by atoms with E-state index in [1.165, 1.54) is 11.3 Å². The molecular weight excluding hydrogens is 339 g/mol. The van der Waals surface area contributed by atoms with Crippen molar-refractivity contribution in [3.8, 4) is 0 Å². The third-order valence-electron chi connectivity index (χ3n) is 4.67. The second-order valence-corrected chi connectivity index (χ2v) is 6.90. The van der Waals surface area contributed by atoms with E-state index in [0.29, 0.717) is 14.5 Å². The van der Waals surface area contributed by atoms with Crippen molar-refractivity contribution in [3.05, 3.63) is 88.2 Å². The van der Waals surface area contributed by atoms with E-state index < -0.39 is 0 Å². The van der Waals surface area contributed by atoms with Crippen LogP contribution in [0.1, 0.15) is 18.0 Å². The molecule has 0 bridgehead atoms. The maximum Gasteiger partial charge on any atom is 0.161 e. The van der Waals surface area contributed by atoms with Gasteiger partial charge in [0.05, 0.1) is 6.54 Å². The van der Waals surface area contributed by atoms with Crippen molar-refractivity contribution in [2.45, 2.75) is 12.5 Å². The SMILES string of the molecule is Clc1ccc([N+]23C=CC=C2C(c2ccccc2)N=CCC3)c(Cl)c1. The van der Waals surface area contributed by atoms with Gasteiger partial charge >= 0.3 is 0 Å². The fourth-order valence-corrected chi connectivity index (χ4v) is 4.13. The minimum absolute atomic E-state index is 0.00422. The van der Waals surface area contributed by atoms with Gasteiger partial charge in [-0.15, -0.1) is 0 Å². The highest BCUT2D eigenvalue weighted by Gasteiger charge is 2.43. The van der Waals surface area contributed by atoms with Gasteiger partial charge in [-0.1, -0.05) is 53.5 Å². The van der Waals surface area contributed by atoms with E-state index in [0.717, 1.165) is 18.7 Å². The fourth-order valence-electron chi connectivity index (χ4n) is 3.58. The van der Waals surface area contributed by atoms with Gasteiger partial charge in [0.15, 0.2) is 5.69 Å². The molecule has 0 spiro atoms. The summed E-state index contributed by atoms with van der Waals surface area (Å²) in [5.41, 5.74) is 3.46. The normalized spacial score (nSPS) is 25.2. The van der Waals surface area contributed by atoms with Crippen LogP contribution in [0, 0.1) is 0 Å². The van der Waals surface area contributed by atoms with Gasteiger partial charge in [0.25, 0.3) is 0 Å². The lowest BCUT2D eigenvalue weighted by Gasteiger charge is -2.35. The third kappa shape index (κ3) is 2.51. The molecule has 2 aromatic rings. The van der Waals surface area contributed by atoms with Gasteiger partial charge in [-0.2, -0.15) is 0 Å². The lowest BCUT2D eigenvalue weighted by molar-refractivity contribution is 0.449. The molecule has 2 nitrogen and oxygen atoms in total. The van der Waals surface area contributed by atoms with Crippen molar-refractivity contribution in [2.24, 2.45) is 4.99 Å². The summed E-state index contributed by atoms with van der Waals surface area (Å²) in [5, 5.41) is 1.34. The molecule has 0 saturated heterocycles. The molecule has 120 valence electrons. The Balaban J connectivity index is 1.86. The summed E-state index contributed by atoms with van der Waals surface area (Å²) in [6, 6.07) is 16.2. The van der Waals surface area contributed by atoms with Crippen LogP contribution in [-0.4, -0.2) is 12.8 Å². The molecule has 2 heterocycles. The highest BCUT2D eigenvalue weighted by Crippen LogP contribution is 2.46. The molecule has 0 saturated carbocycles. The number of rotatable bonds is 2. The Bertz CT molecular complexity index is 855. The van der Waals surface area contributed by atoms with Crippen LogP contribution in [0.4, 0.5) is 5.69 Å². The first-order valence-corrected chi connectivity index (χ1v) is 8.76. The van der Waals surface area contributed by atoms with E-state index in [2.05, 4.69) is 42.6 Å². The first-order valence-electron chi connectivity index (χ1n) is 8.01. The maximum atomic E-state index is 6.57. The van der Waals surface area contributed by atoms with Gasteiger partial charge in [0.1, 0.15) is 23.0 Å². The highest BCUT2D eigenvalue weighted by atomic mass is 35.5. The summed E-state index contributed by atoms with van der Waals surface area (Å²) in [6.07, 6.45) is 9.41. The zero-order valence-corrected chi connectivity index (χ0v) is 14.6. The highest BCUT2D eigenvalue weighted by molar-refractivity contribution is 6.36. The van der Waals surface area contributed by atoms with Gasteiger partial charge < -0.3 is 0 Å². The van der Waals surface area contributed by atoms with Crippen LogP contribution < -0.4 is 4.48 Å². The smallest absolute Gasteiger partial charge is 0.161 e. The van der Waals surface area contributed by atoms with E-state index >= 15 is 0 Å². The molecule has 2 atom stereocenters. The topological polar surface area (TPSA) is 12.4 Å². The minimum atomic E-state index is -0.00422. The van der Waals surface area contributed by atoms with Gasteiger partial charge in [0, 0.05) is 29.8 Å². The zero-order valence-electron chi connectivity index (χ0n) is 13.1. The molecule has 2 aliphatic rings. The van der Waals surface area contributed by atoms with Crippen LogP contribution in [0.2, 0.25) is 10.0 Å². The first kappa shape index (κ1) is 15.6. The van der Waals surface area contributed by atoms with E-state index in [4.69, 9.17) is 28.2 Å². The minimum Gasteiger partial charge on any atom is -0.279 e. The molecule has 0 aromatic heterocycles. The van der Waals surface area contributed by atoms with Crippen LogP contribution in [0.5, 0.6) is 0 Å². The summed E-state index contributed by atoms with van der Waals surface area (Å²) in [6.45, 7) is 0.899. The average Bonchev–Trinajstić information content (AvgIpc) is 2.92. The molecule has 2 aromatic carbocycles. The standard InChI is InChI=1S/C20H17Cl2N2/c21-16-9-10-18(17(22)14-16)24-12-4-8-19(24)20(23-11-5-13-24)15-6-2-1-3-7-15/h1-4,6-12,14,20H,5,13H2/q+1. The van der Waals surface area contributed by atoms with Crippen molar-refractivity contribution < 1.29 is 0 Å². The fraction of sp³-hybridized carbons (Fsp3) is 0.150. The summed E-state index contributed by atoms with van der Waals surface area (Å²) in [5.74, 6) is 0. The second-order valence-electron chi connectivity index (χ2n) is 6.05.